The highest BCUT2D eigenvalue weighted by Crippen LogP contribution is 2.33. The fraction of sp³-hybridized carbons (Fsp3) is 0.500. The number of hydrogen-bond acceptors (Lipinski definition) is 1. The molecular weight excluding hydrogens is 314 g/mol. The van der Waals surface area contributed by atoms with Crippen molar-refractivity contribution in [2.24, 2.45) is 5.92 Å². The lowest BCUT2D eigenvalue weighted by molar-refractivity contribution is 0.0748. The number of rotatable bonds is 3. The number of nitrogens with zero attached hydrogens (tertiary/aromatic N) is 1. The second-order valence-electron chi connectivity index (χ2n) is 5.03. The van der Waals surface area contributed by atoms with Crippen LogP contribution in [0.3, 0.4) is 0 Å². The molecule has 1 aromatic carbocycles. The van der Waals surface area contributed by atoms with Crippen molar-refractivity contribution in [3.05, 3.63) is 34.3 Å². The minimum atomic E-state index is 0.0630. The summed E-state index contributed by atoms with van der Waals surface area (Å²) in [6, 6.07) is 5.48. The van der Waals surface area contributed by atoms with Gasteiger partial charge >= 0.3 is 0 Å². The number of halogens is 2. The van der Waals surface area contributed by atoms with E-state index in [-0.39, 0.29) is 5.91 Å². The second-order valence-corrected chi connectivity index (χ2v) is 6.73. The lowest BCUT2D eigenvalue weighted by Crippen LogP contribution is -2.38. The lowest BCUT2D eigenvalue weighted by atomic mass is 9.85. The van der Waals surface area contributed by atoms with Crippen molar-refractivity contribution in [3.63, 3.8) is 0 Å². The van der Waals surface area contributed by atoms with Crippen molar-refractivity contribution in [1.82, 2.24) is 4.90 Å². The van der Waals surface area contributed by atoms with Crippen LogP contribution in [-0.4, -0.2) is 29.2 Å². The van der Waals surface area contributed by atoms with Crippen molar-refractivity contribution < 1.29 is 4.79 Å². The third-order valence-corrected chi connectivity index (χ3v) is 4.71. The van der Waals surface area contributed by atoms with Crippen LogP contribution in [0.15, 0.2) is 18.2 Å². The van der Waals surface area contributed by atoms with Gasteiger partial charge in [-0.05, 0) is 43.4 Å². The third kappa shape index (κ3) is 2.89. The van der Waals surface area contributed by atoms with Gasteiger partial charge in [0.2, 0.25) is 0 Å². The van der Waals surface area contributed by atoms with Crippen LogP contribution in [0, 0.1) is 12.8 Å². The summed E-state index contributed by atoms with van der Waals surface area (Å²) in [5.41, 5.74) is 1.57. The average molecular weight is 331 g/mol. The Bertz CT molecular complexity index is 457. The maximum atomic E-state index is 12.3. The molecule has 0 radical (unpaired) electrons. The third-order valence-electron chi connectivity index (χ3n) is 3.56. The van der Waals surface area contributed by atoms with Crippen molar-refractivity contribution >= 4 is 33.4 Å². The zero-order valence-electron chi connectivity index (χ0n) is 10.6. The minimum Gasteiger partial charge on any atom is -0.341 e. The van der Waals surface area contributed by atoms with Crippen LogP contribution < -0.4 is 0 Å². The summed E-state index contributed by atoms with van der Waals surface area (Å²) in [6.07, 6.45) is 2.32. The van der Waals surface area contributed by atoms with Crippen molar-refractivity contribution in [2.45, 2.75) is 24.6 Å². The first-order chi connectivity index (χ1) is 8.49. The van der Waals surface area contributed by atoms with Gasteiger partial charge in [0.05, 0.1) is 0 Å². The number of carbonyl (C=O) groups excluding carboxylic acids is 1. The van der Waals surface area contributed by atoms with E-state index in [0.717, 1.165) is 24.9 Å². The van der Waals surface area contributed by atoms with Crippen molar-refractivity contribution in [3.8, 4) is 0 Å². The summed E-state index contributed by atoms with van der Waals surface area (Å²) in [5, 5.41) is 0.651. The van der Waals surface area contributed by atoms with Crippen LogP contribution in [0.1, 0.15) is 28.8 Å². The molecule has 18 heavy (non-hydrogen) atoms. The molecule has 1 aromatic rings. The molecule has 2 nitrogen and oxygen atoms in total. The molecule has 2 rings (SSSR count). The van der Waals surface area contributed by atoms with Crippen molar-refractivity contribution in [1.29, 1.82) is 0 Å². The highest BCUT2D eigenvalue weighted by atomic mass is 79.9. The Hall–Kier alpha value is -0.540. The monoisotopic (exact) mass is 329 g/mol. The van der Waals surface area contributed by atoms with E-state index in [4.69, 9.17) is 11.6 Å². The van der Waals surface area contributed by atoms with Crippen molar-refractivity contribution in [2.75, 3.05) is 13.6 Å². The van der Waals surface area contributed by atoms with E-state index in [2.05, 4.69) is 15.9 Å². The lowest BCUT2D eigenvalue weighted by Gasteiger charge is -2.34. The first kappa shape index (κ1) is 13.9. The minimum absolute atomic E-state index is 0.0630. The summed E-state index contributed by atoms with van der Waals surface area (Å²) >= 11 is 9.62. The summed E-state index contributed by atoms with van der Waals surface area (Å²) in [6.45, 7) is 2.72. The predicted molar refractivity (Wildman–Crippen MR) is 78.6 cm³/mol. The Labute approximate surface area is 121 Å². The summed E-state index contributed by atoms with van der Waals surface area (Å²) < 4.78 is 0. The molecule has 0 saturated heterocycles. The molecule has 1 aliphatic rings. The first-order valence-corrected chi connectivity index (χ1v) is 7.43. The molecule has 4 heteroatoms. The molecule has 0 spiro atoms. The van der Waals surface area contributed by atoms with E-state index >= 15 is 0 Å². The van der Waals surface area contributed by atoms with Gasteiger partial charge in [-0.1, -0.05) is 33.6 Å². The Morgan fingerprint density at radius 2 is 2.17 bits per heavy atom. The van der Waals surface area contributed by atoms with E-state index in [9.17, 15) is 4.79 Å². The number of alkyl halides is 1. The summed E-state index contributed by atoms with van der Waals surface area (Å²) in [7, 11) is 1.87. The Morgan fingerprint density at radius 3 is 2.78 bits per heavy atom. The molecule has 1 amide bonds. The molecule has 0 atom stereocenters. The molecule has 0 bridgehead atoms. The van der Waals surface area contributed by atoms with Crippen LogP contribution >= 0.6 is 27.5 Å². The van der Waals surface area contributed by atoms with E-state index in [1.807, 2.05) is 37.1 Å². The molecule has 1 fully saturated rings. The average Bonchev–Trinajstić information content (AvgIpc) is 2.30. The van der Waals surface area contributed by atoms with E-state index in [0.29, 0.717) is 21.3 Å². The van der Waals surface area contributed by atoms with Gasteiger partial charge in [0.15, 0.2) is 0 Å². The smallest absolute Gasteiger partial charge is 0.253 e. The Kier molecular flexibility index (Phi) is 4.33. The topological polar surface area (TPSA) is 20.3 Å². The zero-order valence-corrected chi connectivity index (χ0v) is 13.0. The van der Waals surface area contributed by atoms with Crippen LogP contribution in [0.25, 0.3) is 0 Å². The molecule has 0 heterocycles. The van der Waals surface area contributed by atoms with Gasteiger partial charge in [0, 0.05) is 29.0 Å². The maximum absolute atomic E-state index is 12.3. The number of hydrogen-bond donors (Lipinski definition) is 0. The van der Waals surface area contributed by atoms with E-state index < -0.39 is 0 Å². The van der Waals surface area contributed by atoms with Crippen LogP contribution in [0.4, 0.5) is 0 Å². The van der Waals surface area contributed by atoms with Gasteiger partial charge < -0.3 is 4.90 Å². The van der Waals surface area contributed by atoms with E-state index in [1.54, 1.807) is 0 Å². The SMILES string of the molecule is Cc1c(Cl)cccc1C(=O)N(C)CC1CC(Br)C1. The molecule has 0 N–H and O–H groups in total. The number of carbonyl (C=O) groups is 1. The summed E-state index contributed by atoms with van der Waals surface area (Å²) in [5.74, 6) is 0.691. The zero-order chi connectivity index (χ0) is 13.3. The second kappa shape index (κ2) is 5.62. The van der Waals surface area contributed by atoms with Gasteiger partial charge in [-0.15, -0.1) is 0 Å². The molecule has 1 aliphatic carbocycles. The molecule has 0 aromatic heterocycles. The normalized spacial score (nSPS) is 22.4. The van der Waals surface area contributed by atoms with Gasteiger partial charge in [-0.3, -0.25) is 4.79 Å². The number of benzene rings is 1. The standard InChI is InChI=1S/C14H17BrClNO/c1-9-12(4-3-5-13(9)16)14(18)17(2)8-10-6-11(15)7-10/h3-5,10-11H,6-8H2,1-2H3. The van der Waals surface area contributed by atoms with Gasteiger partial charge in [0.25, 0.3) is 5.91 Å². The maximum Gasteiger partial charge on any atom is 0.253 e. The molecule has 98 valence electrons. The highest BCUT2D eigenvalue weighted by molar-refractivity contribution is 9.09. The molecule has 0 unspecified atom stereocenters. The van der Waals surface area contributed by atoms with Gasteiger partial charge in [0.1, 0.15) is 0 Å². The fourth-order valence-corrected chi connectivity index (χ4v) is 3.55. The Balaban J connectivity index is 2.04. The number of amides is 1. The fourth-order valence-electron chi connectivity index (χ4n) is 2.32. The quantitative estimate of drug-likeness (QED) is 0.770. The van der Waals surface area contributed by atoms with Crippen LogP contribution in [0.2, 0.25) is 5.02 Å². The van der Waals surface area contributed by atoms with Gasteiger partial charge in [-0.2, -0.15) is 0 Å². The van der Waals surface area contributed by atoms with Crippen LogP contribution in [-0.2, 0) is 0 Å². The predicted octanol–water partition coefficient (Wildman–Crippen LogP) is 3.89. The molecule has 1 saturated carbocycles. The van der Waals surface area contributed by atoms with Gasteiger partial charge in [-0.25, -0.2) is 0 Å². The van der Waals surface area contributed by atoms with E-state index in [1.165, 1.54) is 0 Å². The van der Waals surface area contributed by atoms with Crippen LogP contribution in [0.5, 0.6) is 0 Å². The Morgan fingerprint density at radius 1 is 1.50 bits per heavy atom. The molecule has 0 aliphatic heterocycles. The summed E-state index contributed by atoms with van der Waals surface area (Å²) in [4.78, 5) is 14.8. The molecular formula is C14H17BrClNO. The first-order valence-electron chi connectivity index (χ1n) is 6.13. The highest BCUT2D eigenvalue weighted by Gasteiger charge is 2.29. The largest absolute Gasteiger partial charge is 0.341 e.